The van der Waals surface area contributed by atoms with Crippen molar-refractivity contribution in [3.05, 3.63) is 89.0 Å². The highest BCUT2D eigenvalue weighted by Gasteiger charge is 2.34. The van der Waals surface area contributed by atoms with Crippen LogP contribution >= 0.6 is 0 Å². The van der Waals surface area contributed by atoms with Gasteiger partial charge in [0.1, 0.15) is 0 Å². The molecule has 0 saturated heterocycles. The zero-order chi connectivity index (χ0) is 16.0. The molecule has 1 heteroatoms. The van der Waals surface area contributed by atoms with Crippen molar-refractivity contribution >= 4 is 5.69 Å². The number of rotatable bonds is 2. The van der Waals surface area contributed by atoms with Gasteiger partial charge < -0.3 is 5.73 Å². The highest BCUT2D eigenvalue weighted by atomic mass is 14.6. The molecule has 0 fully saturated rings. The van der Waals surface area contributed by atoms with Gasteiger partial charge in [-0.15, -0.1) is 0 Å². The smallest absolute Gasteiger partial charge is 0.0349 e. The predicted octanol–water partition coefficient (Wildman–Crippen LogP) is 5.17. The third-order valence-electron chi connectivity index (χ3n) is 5.10. The lowest BCUT2D eigenvalue weighted by Gasteiger charge is -2.22. The molecule has 0 radical (unpaired) electrons. The van der Waals surface area contributed by atoms with E-state index in [-0.39, 0.29) is 5.41 Å². The molecule has 3 aromatic rings. The van der Waals surface area contributed by atoms with Crippen molar-refractivity contribution in [2.24, 2.45) is 0 Å². The van der Waals surface area contributed by atoms with E-state index in [4.69, 9.17) is 5.73 Å². The van der Waals surface area contributed by atoms with E-state index < -0.39 is 0 Å². The van der Waals surface area contributed by atoms with Crippen molar-refractivity contribution in [1.82, 2.24) is 0 Å². The van der Waals surface area contributed by atoms with Crippen LogP contribution in [0.5, 0.6) is 0 Å². The second kappa shape index (κ2) is 4.99. The maximum atomic E-state index is 6.10. The largest absolute Gasteiger partial charge is 0.398 e. The number of hydrogen-bond acceptors (Lipinski definition) is 1. The van der Waals surface area contributed by atoms with Crippen molar-refractivity contribution in [3.63, 3.8) is 0 Å². The van der Waals surface area contributed by atoms with Gasteiger partial charge in [0.25, 0.3) is 0 Å². The van der Waals surface area contributed by atoms with Crippen LogP contribution in [0.1, 0.15) is 36.1 Å². The molecule has 0 heterocycles. The second-order valence-electron chi connectivity index (χ2n) is 6.93. The number of para-hydroxylation sites is 1. The summed E-state index contributed by atoms with van der Waals surface area (Å²) in [7, 11) is 0. The first kappa shape index (κ1) is 14.1. The molecule has 3 aromatic carbocycles. The molecule has 0 aliphatic heterocycles. The van der Waals surface area contributed by atoms with E-state index in [0.29, 0.717) is 0 Å². The molecule has 4 rings (SSSR count). The molecule has 1 nitrogen and oxygen atoms in total. The molecule has 1 aliphatic rings. The third kappa shape index (κ3) is 2.16. The van der Waals surface area contributed by atoms with Crippen molar-refractivity contribution in [2.75, 3.05) is 5.73 Å². The highest BCUT2D eigenvalue weighted by Crippen LogP contribution is 2.48. The van der Waals surface area contributed by atoms with Gasteiger partial charge in [0.05, 0.1) is 0 Å². The minimum absolute atomic E-state index is 0.0597. The number of benzene rings is 3. The number of nitrogen functional groups attached to an aromatic ring is 1. The first-order chi connectivity index (χ1) is 11.1. The second-order valence-corrected chi connectivity index (χ2v) is 6.93. The zero-order valence-corrected chi connectivity index (χ0v) is 13.6. The topological polar surface area (TPSA) is 26.0 Å². The molecule has 23 heavy (non-hydrogen) atoms. The van der Waals surface area contributed by atoms with Crippen LogP contribution in [0, 0.1) is 0 Å². The van der Waals surface area contributed by atoms with Crippen LogP contribution < -0.4 is 5.73 Å². The van der Waals surface area contributed by atoms with Gasteiger partial charge >= 0.3 is 0 Å². The average Bonchev–Trinajstić information content (AvgIpc) is 2.78. The van der Waals surface area contributed by atoms with E-state index >= 15 is 0 Å². The Morgan fingerprint density at radius 3 is 2.30 bits per heavy atom. The predicted molar refractivity (Wildman–Crippen MR) is 97.7 cm³/mol. The third-order valence-corrected chi connectivity index (χ3v) is 5.10. The standard InChI is InChI=1S/C22H21N/c1-22(2)19-9-5-4-8-17(19)18-12-11-15(14-20(18)22)13-16-7-3-6-10-21(16)23/h3-12,14H,13,23H2,1-2H3. The number of nitrogens with two attached hydrogens (primary N) is 1. The lowest BCUT2D eigenvalue weighted by molar-refractivity contribution is 0.659. The lowest BCUT2D eigenvalue weighted by Crippen LogP contribution is -2.15. The van der Waals surface area contributed by atoms with Crippen molar-refractivity contribution in [3.8, 4) is 11.1 Å². The van der Waals surface area contributed by atoms with E-state index in [0.717, 1.165) is 12.1 Å². The molecule has 114 valence electrons. The van der Waals surface area contributed by atoms with Gasteiger partial charge in [0.15, 0.2) is 0 Å². The molecular weight excluding hydrogens is 278 g/mol. The normalized spacial score (nSPS) is 14.3. The van der Waals surface area contributed by atoms with Gasteiger partial charge in [-0.2, -0.15) is 0 Å². The number of anilines is 1. The summed E-state index contributed by atoms with van der Waals surface area (Å²) in [5.74, 6) is 0. The van der Waals surface area contributed by atoms with Crippen LogP contribution in [-0.4, -0.2) is 0 Å². The van der Waals surface area contributed by atoms with Crippen LogP contribution in [-0.2, 0) is 11.8 Å². The number of hydrogen-bond donors (Lipinski definition) is 1. The molecule has 0 spiro atoms. The first-order valence-electron chi connectivity index (χ1n) is 8.14. The van der Waals surface area contributed by atoms with E-state index in [1.54, 1.807) is 0 Å². The lowest BCUT2D eigenvalue weighted by atomic mass is 9.81. The van der Waals surface area contributed by atoms with Crippen LogP contribution in [0.4, 0.5) is 5.69 Å². The van der Waals surface area contributed by atoms with E-state index in [9.17, 15) is 0 Å². The van der Waals surface area contributed by atoms with Crippen molar-refractivity contribution in [2.45, 2.75) is 25.7 Å². The van der Waals surface area contributed by atoms with E-state index in [1.807, 2.05) is 12.1 Å². The minimum atomic E-state index is 0.0597. The summed E-state index contributed by atoms with van der Waals surface area (Å²) in [6.07, 6.45) is 0.881. The molecule has 0 saturated carbocycles. The highest BCUT2D eigenvalue weighted by molar-refractivity contribution is 5.80. The minimum Gasteiger partial charge on any atom is -0.398 e. The molecule has 0 unspecified atom stereocenters. The van der Waals surface area contributed by atoms with Gasteiger partial charge in [0.2, 0.25) is 0 Å². The van der Waals surface area contributed by atoms with Crippen LogP contribution in [0.3, 0.4) is 0 Å². The Balaban J connectivity index is 1.79. The van der Waals surface area contributed by atoms with Gasteiger partial charge in [-0.25, -0.2) is 0 Å². The Labute approximate surface area is 137 Å². The van der Waals surface area contributed by atoms with Crippen LogP contribution in [0.25, 0.3) is 11.1 Å². The van der Waals surface area contributed by atoms with Crippen LogP contribution in [0.15, 0.2) is 66.7 Å². The summed E-state index contributed by atoms with van der Waals surface area (Å²) in [6.45, 7) is 4.64. The number of fused-ring (bicyclic) bond motifs is 3. The van der Waals surface area contributed by atoms with Crippen molar-refractivity contribution in [1.29, 1.82) is 0 Å². The maximum Gasteiger partial charge on any atom is 0.0349 e. The average molecular weight is 299 g/mol. The van der Waals surface area contributed by atoms with Gasteiger partial charge in [-0.1, -0.05) is 74.5 Å². The monoisotopic (exact) mass is 299 g/mol. The Morgan fingerprint density at radius 1 is 0.783 bits per heavy atom. The van der Waals surface area contributed by atoms with Gasteiger partial charge in [-0.3, -0.25) is 0 Å². The Kier molecular flexibility index (Phi) is 3.05. The summed E-state index contributed by atoms with van der Waals surface area (Å²) in [5.41, 5.74) is 15.1. The van der Waals surface area contributed by atoms with Crippen molar-refractivity contribution < 1.29 is 0 Å². The first-order valence-corrected chi connectivity index (χ1v) is 8.14. The Bertz CT molecular complexity index is 890. The quantitative estimate of drug-likeness (QED) is 0.649. The summed E-state index contributed by atoms with van der Waals surface area (Å²) in [6, 6.07) is 23.8. The fourth-order valence-electron chi connectivity index (χ4n) is 3.78. The zero-order valence-electron chi connectivity index (χ0n) is 13.6. The fourth-order valence-corrected chi connectivity index (χ4v) is 3.78. The summed E-state index contributed by atoms with van der Waals surface area (Å²) >= 11 is 0. The maximum absolute atomic E-state index is 6.10. The molecule has 0 bridgehead atoms. The molecule has 0 amide bonds. The van der Waals surface area contributed by atoms with E-state index in [1.165, 1.54) is 33.4 Å². The molecule has 0 aromatic heterocycles. The molecule has 1 aliphatic carbocycles. The summed E-state index contributed by atoms with van der Waals surface area (Å²) < 4.78 is 0. The van der Waals surface area contributed by atoms with Gasteiger partial charge in [0, 0.05) is 11.1 Å². The molecule has 0 atom stereocenters. The Morgan fingerprint density at radius 2 is 1.48 bits per heavy atom. The van der Waals surface area contributed by atoms with Gasteiger partial charge in [-0.05, 0) is 45.9 Å². The fraction of sp³-hybridized carbons (Fsp3) is 0.182. The summed E-state index contributed by atoms with van der Waals surface area (Å²) in [4.78, 5) is 0. The molecular formula is C22H21N. The Hall–Kier alpha value is -2.54. The summed E-state index contributed by atoms with van der Waals surface area (Å²) in [5, 5.41) is 0. The van der Waals surface area contributed by atoms with Crippen LogP contribution in [0.2, 0.25) is 0 Å². The SMILES string of the molecule is CC1(C)c2ccccc2-c2ccc(Cc3ccccc3N)cc21. The molecule has 2 N–H and O–H groups in total. The van der Waals surface area contributed by atoms with E-state index in [2.05, 4.69) is 68.4 Å².